The first-order valence-corrected chi connectivity index (χ1v) is 8.07. The molecule has 26 heavy (non-hydrogen) atoms. The molecule has 1 N–H and O–H groups in total. The number of amides is 2. The van der Waals surface area contributed by atoms with Crippen LogP contribution in [0.4, 0.5) is 5.69 Å². The number of hydrogen-bond acceptors (Lipinski definition) is 5. The van der Waals surface area contributed by atoms with Gasteiger partial charge in [-0.15, -0.1) is 0 Å². The third-order valence-electron chi connectivity index (χ3n) is 3.89. The van der Waals surface area contributed by atoms with E-state index in [-0.39, 0.29) is 23.8 Å². The van der Waals surface area contributed by atoms with Crippen molar-refractivity contribution >= 4 is 29.1 Å². The molecule has 9 heteroatoms. The van der Waals surface area contributed by atoms with Crippen LogP contribution >= 0.6 is 11.6 Å². The van der Waals surface area contributed by atoms with E-state index in [0.717, 1.165) is 0 Å². The van der Waals surface area contributed by atoms with E-state index in [0.29, 0.717) is 10.6 Å². The molecule has 0 aliphatic carbocycles. The van der Waals surface area contributed by atoms with Crippen LogP contribution in [-0.2, 0) is 4.79 Å². The lowest BCUT2D eigenvalue weighted by Gasteiger charge is -2.25. The number of nitro benzene ring substituents is 1. The average molecular weight is 377 g/mol. The Morgan fingerprint density at radius 1 is 1.35 bits per heavy atom. The molecule has 0 fully saturated rings. The molecular weight excluding hydrogens is 360 g/mol. The molecular formula is C17H17ClN4O4. The highest BCUT2D eigenvalue weighted by atomic mass is 35.5. The summed E-state index contributed by atoms with van der Waals surface area (Å²) in [4.78, 5) is 40.0. The van der Waals surface area contributed by atoms with Crippen LogP contribution in [-0.4, -0.2) is 40.2 Å². The first kappa shape index (κ1) is 19.3. The number of rotatable bonds is 6. The van der Waals surface area contributed by atoms with Crippen LogP contribution in [0.2, 0.25) is 5.02 Å². The molecule has 1 aromatic heterocycles. The van der Waals surface area contributed by atoms with E-state index in [1.165, 1.54) is 35.4 Å². The fourth-order valence-corrected chi connectivity index (χ4v) is 2.40. The minimum Gasteiger partial charge on any atom is -0.342 e. The Labute approximate surface area is 154 Å². The summed E-state index contributed by atoms with van der Waals surface area (Å²) in [6.45, 7) is 1.51. The Kier molecular flexibility index (Phi) is 6.24. The summed E-state index contributed by atoms with van der Waals surface area (Å²) in [6.07, 6.45) is 1.40. The summed E-state index contributed by atoms with van der Waals surface area (Å²) < 4.78 is 0. The monoisotopic (exact) mass is 376 g/mol. The van der Waals surface area contributed by atoms with Gasteiger partial charge in [0, 0.05) is 30.4 Å². The molecule has 2 rings (SSSR count). The van der Waals surface area contributed by atoms with Crippen LogP contribution in [0.1, 0.15) is 29.0 Å². The molecule has 1 atom stereocenters. The SMILES string of the molecule is C[C@H](c1cccc([N+](=O)[O-])c1)N(C)C(=O)CNC(=O)c1cc(Cl)ccn1. The van der Waals surface area contributed by atoms with E-state index in [4.69, 9.17) is 11.6 Å². The minimum absolute atomic E-state index is 0.0458. The van der Waals surface area contributed by atoms with Gasteiger partial charge in [-0.25, -0.2) is 0 Å². The second-order valence-corrected chi connectivity index (χ2v) is 6.01. The molecule has 2 amide bonds. The summed E-state index contributed by atoms with van der Waals surface area (Å²) in [5.74, 6) is -0.864. The molecule has 2 aromatic rings. The predicted octanol–water partition coefficient (Wildman–Crippen LogP) is 2.59. The third kappa shape index (κ3) is 4.76. The van der Waals surface area contributed by atoms with Crippen molar-refractivity contribution < 1.29 is 14.5 Å². The number of likely N-dealkylation sites (N-methyl/N-ethyl adjacent to an activating group) is 1. The highest BCUT2D eigenvalue weighted by Gasteiger charge is 2.20. The number of aromatic nitrogens is 1. The number of pyridine rings is 1. The molecule has 1 heterocycles. The van der Waals surface area contributed by atoms with E-state index >= 15 is 0 Å². The zero-order valence-electron chi connectivity index (χ0n) is 14.2. The summed E-state index contributed by atoms with van der Waals surface area (Å²) >= 11 is 5.80. The highest BCUT2D eigenvalue weighted by molar-refractivity contribution is 6.30. The van der Waals surface area contributed by atoms with Gasteiger partial charge in [-0.1, -0.05) is 23.7 Å². The van der Waals surface area contributed by atoms with Gasteiger partial charge in [0.1, 0.15) is 5.69 Å². The van der Waals surface area contributed by atoms with Crippen LogP contribution < -0.4 is 5.32 Å². The smallest absolute Gasteiger partial charge is 0.270 e. The van der Waals surface area contributed by atoms with Crippen molar-refractivity contribution in [2.75, 3.05) is 13.6 Å². The Morgan fingerprint density at radius 3 is 2.73 bits per heavy atom. The van der Waals surface area contributed by atoms with Crippen LogP contribution in [0, 0.1) is 10.1 Å². The Balaban J connectivity index is 1.99. The lowest BCUT2D eigenvalue weighted by atomic mass is 10.1. The fourth-order valence-electron chi connectivity index (χ4n) is 2.24. The second-order valence-electron chi connectivity index (χ2n) is 5.57. The molecule has 0 bridgehead atoms. The van der Waals surface area contributed by atoms with E-state index in [2.05, 4.69) is 10.3 Å². The number of nitrogens with zero attached hydrogens (tertiary/aromatic N) is 3. The third-order valence-corrected chi connectivity index (χ3v) is 4.13. The van der Waals surface area contributed by atoms with Gasteiger partial charge in [-0.3, -0.25) is 24.7 Å². The number of hydrogen-bond donors (Lipinski definition) is 1. The Hall–Kier alpha value is -3.00. The summed E-state index contributed by atoms with van der Waals surface area (Å²) in [5.41, 5.74) is 0.688. The van der Waals surface area contributed by atoms with Gasteiger partial charge < -0.3 is 10.2 Å². The van der Waals surface area contributed by atoms with Crippen molar-refractivity contribution in [2.45, 2.75) is 13.0 Å². The molecule has 0 spiro atoms. The molecule has 0 aliphatic rings. The molecule has 8 nitrogen and oxygen atoms in total. The van der Waals surface area contributed by atoms with Crippen molar-refractivity contribution in [3.05, 3.63) is 69.0 Å². The van der Waals surface area contributed by atoms with E-state index in [9.17, 15) is 19.7 Å². The number of benzene rings is 1. The lowest BCUT2D eigenvalue weighted by molar-refractivity contribution is -0.384. The van der Waals surface area contributed by atoms with Gasteiger partial charge in [-0.05, 0) is 24.6 Å². The molecule has 0 saturated heterocycles. The average Bonchev–Trinajstić information content (AvgIpc) is 2.64. The highest BCUT2D eigenvalue weighted by Crippen LogP contribution is 2.22. The summed E-state index contributed by atoms with van der Waals surface area (Å²) in [5, 5.41) is 13.7. The molecule has 0 saturated carbocycles. The normalized spacial score (nSPS) is 11.5. The molecule has 0 radical (unpaired) electrons. The van der Waals surface area contributed by atoms with Gasteiger partial charge in [0.15, 0.2) is 0 Å². The number of nitrogens with one attached hydrogen (secondary N) is 1. The lowest BCUT2D eigenvalue weighted by Crippen LogP contribution is -2.39. The van der Waals surface area contributed by atoms with Gasteiger partial charge in [-0.2, -0.15) is 0 Å². The molecule has 136 valence electrons. The van der Waals surface area contributed by atoms with Crippen molar-refractivity contribution in [1.82, 2.24) is 15.2 Å². The summed E-state index contributed by atoms with van der Waals surface area (Å²) in [6, 6.07) is 8.61. The van der Waals surface area contributed by atoms with Crippen molar-refractivity contribution in [3.8, 4) is 0 Å². The Bertz CT molecular complexity index is 843. The van der Waals surface area contributed by atoms with Crippen molar-refractivity contribution in [3.63, 3.8) is 0 Å². The number of carbonyl (C=O) groups is 2. The largest absolute Gasteiger partial charge is 0.342 e. The van der Waals surface area contributed by atoms with Crippen molar-refractivity contribution in [1.29, 1.82) is 0 Å². The number of carbonyl (C=O) groups excluding carboxylic acids is 2. The van der Waals surface area contributed by atoms with Crippen LogP contribution in [0.5, 0.6) is 0 Å². The maximum Gasteiger partial charge on any atom is 0.270 e. The predicted molar refractivity (Wildman–Crippen MR) is 95.9 cm³/mol. The zero-order chi connectivity index (χ0) is 19.3. The van der Waals surface area contributed by atoms with E-state index in [1.807, 2.05) is 0 Å². The van der Waals surface area contributed by atoms with Crippen LogP contribution in [0.3, 0.4) is 0 Å². The summed E-state index contributed by atoms with van der Waals surface area (Å²) in [7, 11) is 1.57. The Morgan fingerprint density at radius 2 is 2.08 bits per heavy atom. The molecule has 0 unspecified atom stereocenters. The van der Waals surface area contributed by atoms with Gasteiger partial charge in [0.2, 0.25) is 5.91 Å². The maximum absolute atomic E-state index is 12.3. The van der Waals surface area contributed by atoms with Gasteiger partial charge >= 0.3 is 0 Å². The van der Waals surface area contributed by atoms with Crippen LogP contribution in [0.15, 0.2) is 42.6 Å². The van der Waals surface area contributed by atoms with Crippen LogP contribution in [0.25, 0.3) is 0 Å². The quantitative estimate of drug-likeness (QED) is 0.616. The van der Waals surface area contributed by atoms with Gasteiger partial charge in [0.05, 0.1) is 17.5 Å². The van der Waals surface area contributed by atoms with E-state index in [1.54, 1.807) is 26.1 Å². The number of halogens is 1. The standard InChI is InChI=1S/C17H17ClN4O4/c1-11(12-4-3-5-14(8-12)22(25)26)21(2)16(23)10-20-17(24)15-9-13(18)6-7-19-15/h3-9,11H,10H2,1-2H3,(H,20,24)/t11-/m1/s1. The second kappa shape index (κ2) is 8.39. The number of non-ortho nitro benzene ring substituents is 1. The minimum atomic E-state index is -0.516. The molecule has 0 aliphatic heterocycles. The zero-order valence-corrected chi connectivity index (χ0v) is 14.9. The first-order valence-electron chi connectivity index (χ1n) is 7.69. The van der Waals surface area contributed by atoms with Gasteiger partial charge in [0.25, 0.3) is 11.6 Å². The number of nitro groups is 1. The maximum atomic E-state index is 12.3. The molecule has 1 aromatic carbocycles. The first-order chi connectivity index (χ1) is 12.3. The fraction of sp³-hybridized carbons (Fsp3) is 0.235. The van der Waals surface area contributed by atoms with E-state index < -0.39 is 16.9 Å². The topological polar surface area (TPSA) is 105 Å². The van der Waals surface area contributed by atoms with Crippen molar-refractivity contribution in [2.24, 2.45) is 0 Å².